The van der Waals surface area contributed by atoms with Crippen molar-refractivity contribution in [1.29, 1.82) is 0 Å². The molecule has 2 aliphatic rings. The predicted octanol–water partition coefficient (Wildman–Crippen LogP) is 2.80. The Kier molecular flexibility index (Phi) is 4.59. The quantitative estimate of drug-likeness (QED) is 0.652. The number of nitrogens with zero attached hydrogens (tertiary/aromatic N) is 3. The molecule has 0 aliphatic carbocycles. The fraction of sp³-hybridized carbons (Fsp3) is 0.261. The first-order valence-electron chi connectivity index (χ1n) is 9.77. The first kappa shape index (κ1) is 18.6. The summed E-state index contributed by atoms with van der Waals surface area (Å²) in [5.41, 5.74) is 2.34. The van der Waals surface area contributed by atoms with Gasteiger partial charge in [0, 0.05) is 17.3 Å². The molecule has 0 N–H and O–H groups in total. The van der Waals surface area contributed by atoms with Crippen LogP contribution in [0.15, 0.2) is 60.8 Å². The number of rotatable bonds is 5. The van der Waals surface area contributed by atoms with Crippen molar-refractivity contribution in [3.05, 3.63) is 72.1 Å². The van der Waals surface area contributed by atoms with Gasteiger partial charge in [-0.3, -0.25) is 4.79 Å². The fourth-order valence-electron chi connectivity index (χ4n) is 3.83. The van der Waals surface area contributed by atoms with Crippen LogP contribution in [0.25, 0.3) is 11.4 Å². The Labute approximate surface area is 174 Å². The Morgan fingerprint density at radius 3 is 2.57 bits per heavy atom. The van der Waals surface area contributed by atoms with Crippen molar-refractivity contribution in [2.24, 2.45) is 0 Å². The predicted molar refractivity (Wildman–Crippen MR) is 109 cm³/mol. The summed E-state index contributed by atoms with van der Waals surface area (Å²) < 4.78 is 16.8. The van der Waals surface area contributed by atoms with Gasteiger partial charge in [0.1, 0.15) is 17.1 Å². The third-order valence-electron chi connectivity index (χ3n) is 5.54. The molecule has 0 radical (unpaired) electrons. The van der Waals surface area contributed by atoms with Gasteiger partial charge in [-0.05, 0) is 24.3 Å². The zero-order valence-corrected chi connectivity index (χ0v) is 16.6. The van der Waals surface area contributed by atoms with E-state index in [2.05, 4.69) is 9.97 Å². The Morgan fingerprint density at radius 1 is 1.10 bits per heavy atom. The van der Waals surface area contributed by atoms with E-state index in [1.807, 2.05) is 36.5 Å². The minimum Gasteiger partial charge on any atom is -0.497 e. The number of carbonyl (C=O) groups excluding carboxylic acids is 1. The van der Waals surface area contributed by atoms with E-state index in [1.54, 1.807) is 36.3 Å². The van der Waals surface area contributed by atoms with Crippen LogP contribution in [-0.2, 0) is 21.7 Å². The van der Waals surface area contributed by atoms with Crippen LogP contribution in [0.1, 0.15) is 11.3 Å². The smallest absolute Gasteiger partial charge is 0.260 e. The maximum absolute atomic E-state index is 12.5. The van der Waals surface area contributed by atoms with Crippen LogP contribution in [0.2, 0.25) is 0 Å². The van der Waals surface area contributed by atoms with Gasteiger partial charge in [0.15, 0.2) is 12.4 Å². The van der Waals surface area contributed by atoms with Crippen molar-refractivity contribution in [3.63, 3.8) is 0 Å². The molecule has 3 heterocycles. The normalized spacial score (nSPS) is 16.1. The van der Waals surface area contributed by atoms with Crippen molar-refractivity contribution < 1.29 is 19.0 Å². The lowest BCUT2D eigenvalue weighted by Gasteiger charge is -2.47. The molecule has 30 heavy (non-hydrogen) atoms. The summed E-state index contributed by atoms with van der Waals surface area (Å²) in [6.07, 6.45) is 1.84. The van der Waals surface area contributed by atoms with Crippen molar-refractivity contribution in [2.75, 3.05) is 26.8 Å². The number of hydrogen-bond donors (Lipinski definition) is 0. The molecule has 0 atom stereocenters. The number of carbonyl (C=O) groups is 1. The van der Waals surface area contributed by atoms with Gasteiger partial charge in [0.05, 0.1) is 32.5 Å². The highest BCUT2D eigenvalue weighted by Crippen LogP contribution is 2.43. The highest BCUT2D eigenvalue weighted by atomic mass is 16.5. The van der Waals surface area contributed by atoms with Crippen LogP contribution in [0.4, 0.5) is 0 Å². The average Bonchev–Trinajstić information content (AvgIpc) is 3.16. The molecule has 7 nitrogen and oxygen atoms in total. The molecule has 0 saturated carbocycles. The minimum absolute atomic E-state index is 0.0152. The molecule has 2 aromatic carbocycles. The maximum Gasteiger partial charge on any atom is 0.260 e. The first-order valence-corrected chi connectivity index (χ1v) is 9.77. The van der Waals surface area contributed by atoms with E-state index in [9.17, 15) is 4.79 Å². The molecule has 7 heteroatoms. The van der Waals surface area contributed by atoms with Crippen molar-refractivity contribution in [2.45, 2.75) is 12.2 Å². The van der Waals surface area contributed by atoms with Crippen molar-refractivity contribution >= 4 is 5.91 Å². The topological polar surface area (TPSA) is 73.8 Å². The number of fused-ring (bicyclic) bond motifs is 2. The number of benzene rings is 2. The maximum atomic E-state index is 12.5. The number of methoxy groups -OCH3 is 1. The molecule has 152 valence electrons. The number of ether oxygens (including phenoxy) is 3. The van der Waals surface area contributed by atoms with Gasteiger partial charge in [0.2, 0.25) is 0 Å². The van der Waals surface area contributed by atoms with Gasteiger partial charge in [-0.15, -0.1) is 0 Å². The number of likely N-dealkylation sites (tertiary alicyclic amines) is 1. The molecule has 1 aromatic heterocycles. The third-order valence-corrected chi connectivity index (χ3v) is 5.54. The SMILES string of the molecule is COc1ccc(OCC(=O)N2CC3(C2)OCc2nc(-c4ccccc4)ncc23)cc1. The van der Waals surface area contributed by atoms with Crippen LogP contribution in [0.5, 0.6) is 11.5 Å². The molecular formula is C23H21N3O4. The lowest BCUT2D eigenvalue weighted by atomic mass is 9.87. The van der Waals surface area contributed by atoms with E-state index in [1.165, 1.54) is 0 Å². The summed E-state index contributed by atoms with van der Waals surface area (Å²) >= 11 is 0. The Balaban J connectivity index is 1.22. The summed E-state index contributed by atoms with van der Waals surface area (Å²) in [7, 11) is 1.61. The Bertz CT molecular complexity index is 1060. The summed E-state index contributed by atoms with van der Waals surface area (Å²) in [5, 5.41) is 0. The largest absolute Gasteiger partial charge is 0.497 e. The average molecular weight is 403 g/mol. The molecule has 5 rings (SSSR count). The molecular weight excluding hydrogens is 382 g/mol. The molecule has 2 aliphatic heterocycles. The zero-order valence-electron chi connectivity index (χ0n) is 16.6. The van der Waals surface area contributed by atoms with Gasteiger partial charge in [-0.25, -0.2) is 9.97 Å². The minimum atomic E-state index is -0.500. The Hall–Kier alpha value is -3.45. The second-order valence-electron chi connectivity index (χ2n) is 7.42. The molecule has 0 unspecified atom stereocenters. The van der Waals surface area contributed by atoms with E-state index in [-0.39, 0.29) is 12.5 Å². The molecule has 1 spiro atoms. The first-order chi connectivity index (χ1) is 14.7. The molecule has 1 saturated heterocycles. The van der Waals surface area contributed by atoms with Crippen LogP contribution < -0.4 is 9.47 Å². The van der Waals surface area contributed by atoms with Crippen LogP contribution in [0.3, 0.4) is 0 Å². The van der Waals surface area contributed by atoms with Gasteiger partial charge in [-0.2, -0.15) is 0 Å². The zero-order chi connectivity index (χ0) is 20.6. The number of hydrogen-bond acceptors (Lipinski definition) is 6. The van der Waals surface area contributed by atoms with Gasteiger partial charge in [-0.1, -0.05) is 30.3 Å². The van der Waals surface area contributed by atoms with Crippen molar-refractivity contribution in [3.8, 4) is 22.9 Å². The number of amides is 1. The third kappa shape index (κ3) is 3.27. The molecule has 1 fully saturated rings. The molecule has 3 aromatic rings. The lowest BCUT2D eigenvalue weighted by Crippen LogP contribution is -2.62. The van der Waals surface area contributed by atoms with Crippen LogP contribution in [0, 0.1) is 0 Å². The van der Waals surface area contributed by atoms with E-state index < -0.39 is 5.60 Å². The molecule has 0 bridgehead atoms. The monoisotopic (exact) mass is 403 g/mol. The second-order valence-corrected chi connectivity index (χ2v) is 7.42. The van der Waals surface area contributed by atoms with Crippen LogP contribution in [-0.4, -0.2) is 47.6 Å². The number of aromatic nitrogens is 2. The van der Waals surface area contributed by atoms with Gasteiger partial charge in [0.25, 0.3) is 5.91 Å². The lowest BCUT2D eigenvalue weighted by molar-refractivity contribution is -0.170. The van der Waals surface area contributed by atoms with Crippen LogP contribution >= 0.6 is 0 Å². The fourth-order valence-corrected chi connectivity index (χ4v) is 3.83. The van der Waals surface area contributed by atoms with Gasteiger partial charge >= 0.3 is 0 Å². The van der Waals surface area contributed by atoms with Gasteiger partial charge < -0.3 is 19.1 Å². The Morgan fingerprint density at radius 2 is 1.83 bits per heavy atom. The summed E-state index contributed by atoms with van der Waals surface area (Å²) in [5.74, 6) is 1.99. The molecule has 1 amide bonds. The highest BCUT2D eigenvalue weighted by molar-refractivity contribution is 5.79. The van der Waals surface area contributed by atoms with E-state index >= 15 is 0 Å². The van der Waals surface area contributed by atoms with E-state index in [0.717, 1.165) is 22.6 Å². The summed E-state index contributed by atoms with van der Waals surface area (Å²) in [6, 6.07) is 17.0. The summed E-state index contributed by atoms with van der Waals surface area (Å²) in [4.78, 5) is 23.5. The van der Waals surface area contributed by atoms with Crippen molar-refractivity contribution in [1.82, 2.24) is 14.9 Å². The van der Waals surface area contributed by atoms with E-state index in [0.29, 0.717) is 31.3 Å². The van der Waals surface area contributed by atoms with E-state index in [4.69, 9.17) is 14.2 Å². The summed E-state index contributed by atoms with van der Waals surface area (Å²) in [6.45, 7) is 1.39. The highest BCUT2D eigenvalue weighted by Gasteiger charge is 2.52. The standard InChI is InChI=1S/C23H21N3O4/c1-28-17-7-9-18(10-8-17)29-13-21(27)26-14-23(15-26)19-11-24-22(25-20(19)12-30-23)16-5-3-2-4-6-16/h2-11H,12-15H2,1H3. The second kappa shape index (κ2) is 7.42.